The molecule has 0 amide bonds. The minimum Gasteiger partial charge on any atom is -0.480 e. The summed E-state index contributed by atoms with van der Waals surface area (Å²) in [6.45, 7) is 0. The van der Waals surface area contributed by atoms with Gasteiger partial charge in [-0.1, -0.05) is 37.5 Å². The zero-order chi connectivity index (χ0) is 14.7. The van der Waals surface area contributed by atoms with Crippen LogP contribution >= 0.6 is 0 Å². The highest BCUT2D eigenvalue weighted by molar-refractivity contribution is 5.81. The third-order valence-electron chi connectivity index (χ3n) is 4.29. The van der Waals surface area contributed by atoms with Gasteiger partial charge in [0.15, 0.2) is 0 Å². The molecule has 1 aliphatic rings. The fourth-order valence-corrected chi connectivity index (χ4v) is 3.15. The third kappa shape index (κ3) is 3.15. The maximum absolute atomic E-state index is 11.6. The summed E-state index contributed by atoms with van der Waals surface area (Å²) in [5.41, 5.74) is 0.885. The van der Waals surface area contributed by atoms with E-state index in [9.17, 15) is 9.90 Å². The van der Waals surface area contributed by atoms with Gasteiger partial charge in [0, 0.05) is 5.39 Å². The zero-order valence-corrected chi connectivity index (χ0v) is 12.0. The molecule has 0 aliphatic heterocycles. The van der Waals surface area contributed by atoms with Crippen molar-refractivity contribution in [2.75, 3.05) is 5.32 Å². The van der Waals surface area contributed by atoms with Gasteiger partial charge in [-0.25, -0.2) is 9.78 Å². The van der Waals surface area contributed by atoms with Crippen LogP contribution in [0.1, 0.15) is 32.1 Å². The molecule has 1 unspecified atom stereocenters. The molecular weight excluding hydrogens is 264 g/mol. The van der Waals surface area contributed by atoms with E-state index >= 15 is 0 Å². The molecule has 110 valence electrons. The first-order valence-electron chi connectivity index (χ1n) is 7.59. The zero-order valence-electron chi connectivity index (χ0n) is 12.0. The summed E-state index contributed by atoms with van der Waals surface area (Å²) < 4.78 is 0. The molecule has 2 N–H and O–H groups in total. The van der Waals surface area contributed by atoms with Gasteiger partial charge in [-0.3, -0.25) is 0 Å². The average molecular weight is 284 g/mol. The second-order valence-corrected chi connectivity index (χ2v) is 5.75. The number of anilines is 1. The Labute approximate surface area is 124 Å². The number of aliphatic carboxylic acids is 1. The summed E-state index contributed by atoms with van der Waals surface area (Å²) in [5, 5.41) is 13.7. The molecule has 0 radical (unpaired) electrons. The number of carbonyl (C=O) groups is 1. The van der Waals surface area contributed by atoms with Crippen LogP contribution in [0.4, 0.5) is 5.82 Å². The number of aromatic nitrogens is 1. The maximum Gasteiger partial charge on any atom is 0.326 e. The molecule has 0 bridgehead atoms. The van der Waals surface area contributed by atoms with Gasteiger partial charge in [0.25, 0.3) is 0 Å². The highest BCUT2D eigenvalue weighted by Gasteiger charge is 2.29. The van der Waals surface area contributed by atoms with E-state index in [1.807, 2.05) is 36.4 Å². The fourth-order valence-electron chi connectivity index (χ4n) is 3.15. The van der Waals surface area contributed by atoms with E-state index in [1.165, 1.54) is 6.42 Å². The van der Waals surface area contributed by atoms with Crippen LogP contribution in [0, 0.1) is 5.92 Å². The van der Waals surface area contributed by atoms with Gasteiger partial charge in [0.2, 0.25) is 0 Å². The first kappa shape index (κ1) is 13.9. The lowest BCUT2D eigenvalue weighted by Crippen LogP contribution is -2.38. The number of para-hydroxylation sites is 1. The number of pyridine rings is 1. The Morgan fingerprint density at radius 1 is 1.14 bits per heavy atom. The van der Waals surface area contributed by atoms with Crippen molar-refractivity contribution in [3.8, 4) is 0 Å². The van der Waals surface area contributed by atoms with Gasteiger partial charge in [0.05, 0.1) is 5.52 Å². The molecule has 0 saturated heterocycles. The lowest BCUT2D eigenvalue weighted by molar-refractivity contribution is -0.139. The quantitative estimate of drug-likeness (QED) is 0.899. The predicted molar refractivity (Wildman–Crippen MR) is 83.4 cm³/mol. The Kier molecular flexibility index (Phi) is 4.04. The standard InChI is InChI=1S/C17H20N2O2/c20-17(21)16(13-7-2-1-3-8-13)19-15-11-10-12-6-4-5-9-14(12)18-15/h4-6,9-11,13,16H,1-3,7-8H2,(H,18,19)(H,20,21). The van der Waals surface area contributed by atoms with Gasteiger partial charge in [-0.15, -0.1) is 0 Å². The van der Waals surface area contributed by atoms with Crippen LogP contribution < -0.4 is 5.32 Å². The molecule has 4 nitrogen and oxygen atoms in total. The van der Waals surface area contributed by atoms with E-state index in [-0.39, 0.29) is 5.92 Å². The molecule has 2 aromatic rings. The molecule has 0 spiro atoms. The maximum atomic E-state index is 11.6. The van der Waals surface area contributed by atoms with E-state index in [0.29, 0.717) is 5.82 Å². The number of carboxylic acids is 1. The molecule has 1 aliphatic carbocycles. The molecule has 1 saturated carbocycles. The highest BCUT2D eigenvalue weighted by atomic mass is 16.4. The summed E-state index contributed by atoms with van der Waals surface area (Å²) in [5.74, 6) is 0.0630. The normalized spacial score (nSPS) is 17.5. The summed E-state index contributed by atoms with van der Waals surface area (Å²) in [6, 6.07) is 11.2. The molecule has 3 rings (SSSR count). The Morgan fingerprint density at radius 2 is 1.90 bits per heavy atom. The number of nitrogens with zero attached hydrogens (tertiary/aromatic N) is 1. The molecule has 1 atom stereocenters. The minimum atomic E-state index is -0.781. The van der Waals surface area contributed by atoms with Crippen LogP contribution in [0.15, 0.2) is 36.4 Å². The van der Waals surface area contributed by atoms with Crippen molar-refractivity contribution >= 4 is 22.7 Å². The molecular formula is C17H20N2O2. The van der Waals surface area contributed by atoms with Crippen molar-refractivity contribution in [2.24, 2.45) is 5.92 Å². The van der Waals surface area contributed by atoms with E-state index in [0.717, 1.165) is 36.6 Å². The fraction of sp³-hybridized carbons (Fsp3) is 0.412. The van der Waals surface area contributed by atoms with Gasteiger partial charge in [-0.05, 0) is 37.0 Å². The number of hydrogen-bond acceptors (Lipinski definition) is 3. The number of hydrogen-bond donors (Lipinski definition) is 2. The van der Waals surface area contributed by atoms with E-state index in [2.05, 4.69) is 10.3 Å². The summed E-state index contributed by atoms with van der Waals surface area (Å²) in [4.78, 5) is 16.1. The summed E-state index contributed by atoms with van der Waals surface area (Å²) in [7, 11) is 0. The number of rotatable bonds is 4. The van der Waals surface area contributed by atoms with E-state index < -0.39 is 12.0 Å². The van der Waals surface area contributed by atoms with Gasteiger partial charge in [0.1, 0.15) is 11.9 Å². The van der Waals surface area contributed by atoms with Crippen LogP contribution in [0.5, 0.6) is 0 Å². The van der Waals surface area contributed by atoms with Crippen LogP contribution in [0.2, 0.25) is 0 Å². The van der Waals surface area contributed by atoms with E-state index in [4.69, 9.17) is 0 Å². The van der Waals surface area contributed by atoms with Crippen LogP contribution in [0.3, 0.4) is 0 Å². The molecule has 1 heterocycles. The predicted octanol–water partition coefficient (Wildman–Crippen LogP) is 3.68. The Hall–Kier alpha value is -2.10. The lowest BCUT2D eigenvalue weighted by atomic mass is 9.84. The SMILES string of the molecule is O=C(O)C(Nc1ccc2ccccc2n1)C1CCCCC1. The van der Waals surface area contributed by atoms with Crippen molar-refractivity contribution in [3.63, 3.8) is 0 Å². The van der Waals surface area contributed by atoms with Crippen molar-refractivity contribution in [3.05, 3.63) is 36.4 Å². The Bertz CT molecular complexity index is 635. The number of benzene rings is 1. The molecule has 21 heavy (non-hydrogen) atoms. The first-order valence-corrected chi connectivity index (χ1v) is 7.59. The molecule has 1 aromatic heterocycles. The van der Waals surface area contributed by atoms with Crippen molar-refractivity contribution in [1.29, 1.82) is 0 Å². The molecule has 1 aromatic carbocycles. The van der Waals surface area contributed by atoms with Gasteiger partial charge < -0.3 is 10.4 Å². The van der Waals surface area contributed by atoms with Crippen molar-refractivity contribution in [1.82, 2.24) is 4.98 Å². The molecule has 1 fully saturated rings. The second kappa shape index (κ2) is 6.12. The Morgan fingerprint density at radius 3 is 2.67 bits per heavy atom. The number of fused-ring (bicyclic) bond motifs is 1. The number of carboxylic acid groups (broad SMARTS) is 1. The molecule has 4 heteroatoms. The monoisotopic (exact) mass is 284 g/mol. The van der Waals surface area contributed by atoms with Crippen LogP contribution in [-0.4, -0.2) is 22.1 Å². The lowest BCUT2D eigenvalue weighted by Gasteiger charge is -2.28. The highest BCUT2D eigenvalue weighted by Crippen LogP contribution is 2.28. The Balaban J connectivity index is 1.81. The average Bonchev–Trinajstić information content (AvgIpc) is 2.53. The van der Waals surface area contributed by atoms with Crippen LogP contribution in [-0.2, 0) is 4.79 Å². The van der Waals surface area contributed by atoms with Crippen molar-refractivity contribution in [2.45, 2.75) is 38.1 Å². The largest absolute Gasteiger partial charge is 0.480 e. The topological polar surface area (TPSA) is 62.2 Å². The minimum absolute atomic E-state index is 0.199. The smallest absolute Gasteiger partial charge is 0.326 e. The van der Waals surface area contributed by atoms with E-state index in [1.54, 1.807) is 0 Å². The third-order valence-corrected chi connectivity index (χ3v) is 4.29. The van der Waals surface area contributed by atoms with Crippen molar-refractivity contribution < 1.29 is 9.90 Å². The second-order valence-electron chi connectivity index (χ2n) is 5.75. The summed E-state index contributed by atoms with van der Waals surface area (Å²) in [6.07, 6.45) is 5.44. The summed E-state index contributed by atoms with van der Waals surface area (Å²) >= 11 is 0. The number of nitrogens with one attached hydrogen (secondary N) is 1. The first-order chi connectivity index (χ1) is 10.2. The van der Waals surface area contributed by atoms with Crippen LogP contribution in [0.25, 0.3) is 10.9 Å². The van der Waals surface area contributed by atoms with Gasteiger partial charge >= 0.3 is 5.97 Å². The van der Waals surface area contributed by atoms with Gasteiger partial charge in [-0.2, -0.15) is 0 Å².